The highest BCUT2D eigenvalue weighted by Gasteiger charge is 2.19. The van der Waals surface area contributed by atoms with Crippen molar-refractivity contribution in [2.24, 2.45) is 0 Å². The van der Waals surface area contributed by atoms with Crippen LogP contribution in [0.15, 0.2) is 18.2 Å². The SMILES string of the molecule is Cc1ccc(C(C)C)cc1CC(=O)N1CCN(C)CC1. The van der Waals surface area contributed by atoms with Gasteiger partial charge in [-0.15, -0.1) is 0 Å². The molecule has 0 aromatic heterocycles. The van der Waals surface area contributed by atoms with E-state index in [4.69, 9.17) is 0 Å². The molecule has 0 bridgehead atoms. The van der Waals surface area contributed by atoms with Gasteiger partial charge in [0.15, 0.2) is 0 Å². The van der Waals surface area contributed by atoms with Crippen LogP contribution in [0.25, 0.3) is 0 Å². The molecule has 110 valence electrons. The maximum atomic E-state index is 12.4. The van der Waals surface area contributed by atoms with Gasteiger partial charge in [0.25, 0.3) is 0 Å². The summed E-state index contributed by atoms with van der Waals surface area (Å²) in [6.07, 6.45) is 0.538. The summed E-state index contributed by atoms with van der Waals surface area (Å²) in [5.41, 5.74) is 3.72. The van der Waals surface area contributed by atoms with Crippen molar-refractivity contribution < 1.29 is 4.79 Å². The summed E-state index contributed by atoms with van der Waals surface area (Å²) in [4.78, 5) is 16.7. The summed E-state index contributed by atoms with van der Waals surface area (Å²) in [5, 5.41) is 0. The van der Waals surface area contributed by atoms with Gasteiger partial charge in [-0.25, -0.2) is 0 Å². The third kappa shape index (κ3) is 3.60. The molecule has 1 saturated heterocycles. The molecule has 1 aromatic rings. The molecule has 0 radical (unpaired) electrons. The Labute approximate surface area is 122 Å². The number of carbonyl (C=O) groups is 1. The minimum Gasteiger partial charge on any atom is -0.340 e. The van der Waals surface area contributed by atoms with Crippen LogP contribution < -0.4 is 0 Å². The number of hydrogen-bond donors (Lipinski definition) is 0. The predicted molar refractivity (Wildman–Crippen MR) is 83.0 cm³/mol. The van der Waals surface area contributed by atoms with Crippen LogP contribution in [0.1, 0.15) is 36.5 Å². The fourth-order valence-electron chi connectivity index (χ4n) is 2.57. The molecular weight excluding hydrogens is 248 g/mol. The second-order valence-corrected chi connectivity index (χ2v) is 6.20. The van der Waals surface area contributed by atoms with Crippen LogP contribution in [0.5, 0.6) is 0 Å². The molecule has 0 spiro atoms. The molecule has 1 fully saturated rings. The highest BCUT2D eigenvalue weighted by molar-refractivity contribution is 5.79. The second-order valence-electron chi connectivity index (χ2n) is 6.20. The minimum atomic E-state index is 0.266. The Morgan fingerprint density at radius 1 is 1.20 bits per heavy atom. The highest BCUT2D eigenvalue weighted by atomic mass is 16.2. The molecule has 0 saturated carbocycles. The van der Waals surface area contributed by atoms with Crippen molar-refractivity contribution in [2.75, 3.05) is 33.2 Å². The monoisotopic (exact) mass is 274 g/mol. The van der Waals surface area contributed by atoms with Crippen LogP contribution in [-0.2, 0) is 11.2 Å². The summed E-state index contributed by atoms with van der Waals surface area (Å²) < 4.78 is 0. The lowest BCUT2D eigenvalue weighted by Gasteiger charge is -2.32. The van der Waals surface area contributed by atoms with Gasteiger partial charge in [-0.3, -0.25) is 4.79 Å². The van der Waals surface area contributed by atoms with E-state index in [9.17, 15) is 4.79 Å². The van der Waals surface area contributed by atoms with E-state index in [1.807, 2.05) is 4.90 Å². The quantitative estimate of drug-likeness (QED) is 0.845. The van der Waals surface area contributed by atoms with E-state index in [-0.39, 0.29) is 5.91 Å². The second kappa shape index (κ2) is 6.40. The molecule has 0 atom stereocenters. The summed E-state index contributed by atoms with van der Waals surface area (Å²) in [6, 6.07) is 6.51. The first kappa shape index (κ1) is 15.0. The lowest BCUT2D eigenvalue weighted by molar-refractivity contribution is -0.132. The van der Waals surface area contributed by atoms with Crippen LogP contribution in [0, 0.1) is 6.92 Å². The summed E-state index contributed by atoms with van der Waals surface area (Å²) >= 11 is 0. The number of rotatable bonds is 3. The zero-order chi connectivity index (χ0) is 14.7. The zero-order valence-electron chi connectivity index (χ0n) is 13.1. The number of nitrogens with zero attached hydrogens (tertiary/aromatic N) is 2. The van der Waals surface area contributed by atoms with E-state index < -0.39 is 0 Å². The van der Waals surface area contributed by atoms with Crippen molar-refractivity contribution in [1.82, 2.24) is 9.80 Å². The van der Waals surface area contributed by atoms with Gasteiger partial charge in [0, 0.05) is 26.2 Å². The Morgan fingerprint density at radius 2 is 1.85 bits per heavy atom. The average molecular weight is 274 g/mol. The molecule has 1 amide bonds. The smallest absolute Gasteiger partial charge is 0.227 e. The number of aryl methyl sites for hydroxylation is 1. The van der Waals surface area contributed by atoms with Gasteiger partial charge in [-0.1, -0.05) is 32.0 Å². The van der Waals surface area contributed by atoms with Crippen molar-refractivity contribution in [3.05, 3.63) is 34.9 Å². The normalized spacial score (nSPS) is 16.8. The molecule has 1 aromatic carbocycles. The minimum absolute atomic E-state index is 0.266. The molecule has 2 rings (SSSR count). The summed E-state index contributed by atoms with van der Waals surface area (Å²) in [6.45, 7) is 10.2. The lowest BCUT2D eigenvalue weighted by atomic mass is 9.96. The van der Waals surface area contributed by atoms with Crippen LogP contribution in [-0.4, -0.2) is 48.9 Å². The fraction of sp³-hybridized carbons (Fsp3) is 0.588. The van der Waals surface area contributed by atoms with Crippen molar-refractivity contribution in [1.29, 1.82) is 0 Å². The van der Waals surface area contributed by atoms with Crippen LogP contribution in [0.3, 0.4) is 0 Å². The summed E-state index contributed by atoms with van der Waals surface area (Å²) in [5.74, 6) is 0.773. The Bertz CT molecular complexity index is 474. The average Bonchev–Trinajstić information content (AvgIpc) is 2.41. The number of benzene rings is 1. The first-order valence-electron chi connectivity index (χ1n) is 7.53. The molecule has 3 heteroatoms. The molecule has 3 nitrogen and oxygen atoms in total. The number of piperazine rings is 1. The van der Waals surface area contributed by atoms with Crippen molar-refractivity contribution >= 4 is 5.91 Å². The van der Waals surface area contributed by atoms with Crippen LogP contribution >= 0.6 is 0 Å². The summed E-state index contributed by atoms with van der Waals surface area (Å²) in [7, 11) is 2.11. The first-order chi connectivity index (χ1) is 9.47. The molecule has 0 aliphatic carbocycles. The Hall–Kier alpha value is -1.35. The van der Waals surface area contributed by atoms with Gasteiger partial charge in [0.05, 0.1) is 6.42 Å². The zero-order valence-corrected chi connectivity index (χ0v) is 13.1. The van der Waals surface area contributed by atoms with E-state index in [1.165, 1.54) is 16.7 Å². The van der Waals surface area contributed by atoms with E-state index >= 15 is 0 Å². The number of likely N-dealkylation sites (N-methyl/N-ethyl adjacent to an activating group) is 1. The highest BCUT2D eigenvalue weighted by Crippen LogP contribution is 2.19. The lowest BCUT2D eigenvalue weighted by Crippen LogP contribution is -2.47. The largest absolute Gasteiger partial charge is 0.340 e. The third-order valence-electron chi connectivity index (χ3n) is 4.24. The Morgan fingerprint density at radius 3 is 2.45 bits per heavy atom. The third-order valence-corrected chi connectivity index (χ3v) is 4.24. The topological polar surface area (TPSA) is 23.6 Å². The molecule has 1 aliphatic heterocycles. The van der Waals surface area contributed by atoms with Crippen LogP contribution in [0.4, 0.5) is 0 Å². The molecule has 1 aliphatic rings. The van der Waals surface area contributed by atoms with E-state index in [0.29, 0.717) is 12.3 Å². The van der Waals surface area contributed by atoms with Gasteiger partial charge in [-0.05, 0) is 36.6 Å². The van der Waals surface area contributed by atoms with Gasteiger partial charge in [0.2, 0.25) is 5.91 Å². The van der Waals surface area contributed by atoms with Gasteiger partial charge in [0.1, 0.15) is 0 Å². The maximum Gasteiger partial charge on any atom is 0.227 e. The number of carbonyl (C=O) groups excluding carboxylic acids is 1. The van der Waals surface area contributed by atoms with E-state index in [1.54, 1.807) is 0 Å². The van der Waals surface area contributed by atoms with Gasteiger partial charge < -0.3 is 9.80 Å². The first-order valence-corrected chi connectivity index (χ1v) is 7.53. The molecular formula is C17H26N2O. The van der Waals surface area contributed by atoms with E-state index in [0.717, 1.165) is 26.2 Å². The van der Waals surface area contributed by atoms with Gasteiger partial charge >= 0.3 is 0 Å². The number of amides is 1. The van der Waals surface area contributed by atoms with Crippen molar-refractivity contribution in [2.45, 2.75) is 33.1 Å². The van der Waals surface area contributed by atoms with Crippen molar-refractivity contribution in [3.63, 3.8) is 0 Å². The van der Waals surface area contributed by atoms with Crippen LogP contribution in [0.2, 0.25) is 0 Å². The van der Waals surface area contributed by atoms with E-state index in [2.05, 4.69) is 50.9 Å². The Balaban J connectivity index is 2.05. The number of hydrogen-bond acceptors (Lipinski definition) is 2. The molecule has 0 unspecified atom stereocenters. The van der Waals surface area contributed by atoms with Crippen molar-refractivity contribution in [3.8, 4) is 0 Å². The standard InChI is InChI=1S/C17H26N2O/c1-13(2)15-6-5-14(3)16(11-15)12-17(20)19-9-7-18(4)8-10-19/h5-6,11,13H,7-10,12H2,1-4H3. The fourth-order valence-corrected chi connectivity index (χ4v) is 2.57. The molecule has 1 heterocycles. The maximum absolute atomic E-state index is 12.4. The predicted octanol–water partition coefficient (Wildman–Crippen LogP) is 2.43. The molecule has 20 heavy (non-hydrogen) atoms. The van der Waals surface area contributed by atoms with Gasteiger partial charge in [-0.2, -0.15) is 0 Å². The molecule has 0 N–H and O–H groups in total. The Kier molecular flexibility index (Phi) is 4.81.